The van der Waals surface area contributed by atoms with Crippen LogP contribution in [0.5, 0.6) is 5.75 Å². The summed E-state index contributed by atoms with van der Waals surface area (Å²) in [4.78, 5) is 8.38. The number of nitrogens with one attached hydrogen (secondary N) is 1. The molecule has 0 unspecified atom stereocenters. The van der Waals surface area contributed by atoms with E-state index in [1.165, 1.54) is 29.4 Å². The highest BCUT2D eigenvalue weighted by atomic mass is 32.2. The summed E-state index contributed by atoms with van der Waals surface area (Å²) in [5, 5.41) is 12.8. The van der Waals surface area contributed by atoms with Crippen molar-refractivity contribution in [3.63, 3.8) is 0 Å². The number of methoxy groups -OCH3 is 1. The Morgan fingerprint density at radius 2 is 2.22 bits per heavy atom. The van der Waals surface area contributed by atoms with Gasteiger partial charge >= 0.3 is 0 Å². The number of hydrogen-bond donors (Lipinski definition) is 1. The third-order valence-corrected chi connectivity index (χ3v) is 3.88. The lowest BCUT2D eigenvalue weighted by Gasteiger charge is -2.10. The fourth-order valence-corrected chi connectivity index (χ4v) is 3.11. The van der Waals surface area contributed by atoms with E-state index in [1.807, 2.05) is 13.8 Å². The second kappa shape index (κ2) is 5.96. The highest BCUT2D eigenvalue weighted by Crippen LogP contribution is 2.37. The zero-order chi connectivity index (χ0) is 13.0. The van der Waals surface area contributed by atoms with Gasteiger partial charge in [0.25, 0.3) is 0 Å². The van der Waals surface area contributed by atoms with Crippen molar-refractivity contribution in [1.82, 2.24) is 20.2 Å². The van der Waals surface area contributed by atoms with E-state index in [-0.39, 0.29) is 0 Å². The van der Waals surface area contributed by atoms with Gasteiger partial charge in [0.05, 0.1) is 7.11 Å². The second-order valence-electron chi connectivity index (χ2n) is 3.28. The van der Waals surface area contributed by atoms with Crippen LogP contribution < -0.4 is 10.1 Å². The summed E-state index contributed by atoms with van der Waals surface area (Å²) in [5.74, 6) is 1.33. The van der Waals surface area contributed by atoms with Crippen molar-refractivity contribution in [1.29, 1.82) is 0 Å². The Morgan fingerprint density at radius 3 is 2.83 bits per heavy atom. The van der Waals surface area contributed by atoms with Gasteiger partial charge in [-0.05, 0) is 25.6 Å². The molecule has 0 amide bonds. The molecule has 2 aromatic rings. The van der Waals surface area contributed by atoms with Crippen LogP contribution in [0.3, 0.4) is 0 Å². The molecule has 0 bridgehead atoms. The molecular weight excluding hydrogens is 270 g/mol. The lowest BCUT2D eigenvalue weighted by atomic mass is 10.5. The number of rotatable bonds is 5. The smallest absolute Gasteiger partial charge is 0.194 e. The van der Waals surface area contributed by atoms with E-state index in [2.05, 4.69) is 25.5 Å². The molecule has 6 nitrogen and oxygen atoms in total. The van der Waals surface area contributed by atoms with E-state index in [4.69, 9.17) is 4.74 Å². The van der Waals surface area contributed by atoms with Gasteiger partial charge in [0.15, 0.2) is 20.9 Å². The summed E-state index contributed by atoms with van der Waals surface area (Å²) in [5.41, 5.74) is 0. The third kappa shape index (κ3) is 2.88. The van der Waals surface area contributed by atoms with Crippen LogP contribution >= 0.6 is 23.1 Å². The summed E-state index contributed by atoms with van der Waals surface area (Å²) in [6.45, 7) is 4.70. The van der Waals surface area contributed by atoms with E-state index < -0.39 is 0 Å². The van der Waals surface area contributed by atoms with Crippen molar-refractivity contribution >= 4 is 28.9 Å². The number of nitrogens with zero attached hydrogens (tertiary/aromatic N) is 4. The number of anilines is 1. The van der Waals surface area contributed by atoms with Gasteiger partial charge in [-0.3, -0.25) is 0 Å². The molecule has 0 saturated carbocycles. The number of aryl methyl sites for hydroxylation is 1. The van der Waals surface area contributed by atoms with Crippen molar-refractivity contribution < 1.29 is 4.74 Å². The molecule has 2 heterocycles. The number of ether oxygens (including phenoxy) is 1. The minimum Gasteiger partial charge on any atom is -0.490 e. The first-order valence-corrected chi connectivity index (χ1v) is 6.98. The van der Waals surface area contributed by atoms with E-state index in [0.29, 0.717) is 11.6 Å². The van der Waals surface area contributed by atoms with Crippen LogP contribution in [0, 0.1) is 6.92 Å². The first kappa shape index (κ1) is 13.0. The molecule has 0 spiro atoms. The lowest BCUT2D eigenvalue weighted by Crippen LogP contribution is -2.03. The molecule has 8 heteroatoms. The monoisotopic (exact) mass is 283 g/mol. The van der Waals surface area contributed by atoms with E-state index >= 15 is 0 Å². The van der Waals surface area contributed by atoms with Gasteiger partial charge < -0.3 is 10.1 Å². The Labute approximate surface area is 113 Å². The highest BCUT2D eigenvalue weighted by molar-refractivity contribution is 8.01. The third-order valence-electron chi connectivity index (χ3n) is 2.01. The topological polar surface area (TPSA) is 72.8 Å². The minimum atomic E-state index is 0.636. The first-order valence-electron chi connectivity index (χ1n) is 5.35. The zero-order valence-electron chi connectivity index (χ0n) is 10.3. The van der Waals surface area contributed by atoms with Gasteiger partial charge in [0.2, 0.25) is 0 Å². The van der Waals surface area contributed by atoms with Crippen LogP contribution in [0.1, 0.15) is 11.9 Å². The molecule has 0 atom stereocenters. The van der Waals surface area contributed by atoms with Gasteiger partial charge in [0.1, 0.15) is 11.3 Å². The molecule has 0 aliphatic heterocycles. The summed E-state index contributed by atoms with van der Waals surface area (Å²) >= 11 is 2.95. The van der Waals surface area contributed by atoms with Gasteiger partial charge in [-0.2, -0.15) is 0 Å². The quantitative estimate of drug-likeness (QED) is 0.843. The van der Waals surface area contributed by atoms with Crippen molar-refractivity contribution in [2.75, 3.05) is 19.0 Å². The van der Waals surface area contributed by atoms with Gasteiger partial charge in [-0.15, -0.1) is 10.2 Å². The zero-order valence-corrected chi connectivity index (χ0v) is 11.9. The normalized spacial score (nSPS) is 10.4. The molecule has 2 aromatic heterocycles. The second-order valence-corrected chi connectivity index (χ2v) is 5.70. The maximum Gasteiger partial charge on any atom is 0.194 e. The van der Waals surface area contributed by atoms with Crippen LogP contribution in [-0.2, 0) is 0 Å². The first-order chi connectivity index (χ1) is 8.74. The molecule has 0 aliphatic rings. The van der Waals surface area contributed by atoms with E-state index in [0.717, 1.165) is 20.9 Å². The molecule has 0 aromatic carbocycles. The van der Waals surface area contributed by atoms with Crippen LogP contribution in [0.25, 0.3) is 0 Å². The summed E-state index contributed by atoms with van der Waals surface area (Å²) in [7, 11) is 1.61. The Bertz CT molecular complexity index is 531. The van der Waals surface area contributed by atoms with E-state index in [9.17, 15) is 0 Å². The predicted octanol–water partition coefficient (Wildman–Crippen LogP) is 2.23. The molecule has 2 rings (SSSR count). The Kier molecular flexibility index (Phi) is 4.32. The molecule has 0 aliphatic carbocycles. The maximum absolute atomic E-state index is 5.36. The molecule has 0 fully saturated rings. The maximum atomic E-state index is 5.36. The summed E-state index contributed by atoms with van der Waals surface area (Å²) in [6, 6.07) is 0. The standard InChI is InChI=1S/C10H13N5OS2/c1-4-11-8-7(16-3)9(13-5-12-8)18-10-15-14-6(2)17-10/h5H,4H2,1-3H3,(H,11,12,13). The van der Waals surface area contributed by atoms with Crippen molar-refractivity contribution in [2.24, 2.45) is 0 Å². The highest BCUT2D eigenvalue weighted by Gasteiger charge is 2.14. The minimum absolute atomic E-state index is 0.636. The predicted molar refractivity (Wildman–Crippen MR) is 71.5 cm³/mol. The molecule has 0 radical (unpaired) electrons. The Morgan fingerprint density at radius 1 is 1.39 bits per heavy atom. The van der Waals surface area contributed by atoms with Gasteiger partial charge in [-0.1, -0.05) is 11.3 Å². The summed E-state index contributed by atoms with van der Waals surface area (Å²) < 4.78 is 6.20. The number of aromatic nitrogens is 4. The van der Waals surface area contributed by atoms with Crippen LogP contribution in [0.15, 0.2) is 15.7 Å². The Hall–Kier alpha value is -1.41. The fourth-order valence-electron chi connectivity index (χ4n) is 1.31. The number of hydrogen-bond acceptors (Lipinski definition) is 8. The van der Waals surface area contributed by atoms with E-state index in [1.54, 1.807) is 7.11 Å². The lowest BCUT2D eigenvalue weighted by molar-refractivity contribution is 0.400. The fraction of sp³-hybridized carbons (Fsp3) is 0.400. The Balaban J connectivity index is 2.29. The molecular formula is C10H13N5OS2. The summed E-state index contributed by atoms with van der Waals surface area (Å²) in [6.07, 6.45) is 1.51. The van der Waals surface area contributed by atoms with Crippen molar-refractivity contribution in [3.05, 3.63) is 11.3 Å². The van der Waals surface area contributed by atoms with Gasteiger partial charge in [0, 0.05) is 6.54 Å². The largest absolute Gasteiger partial charge is 0.490 e. The van der Waals surface area contributed by atoms with Crippen molar-refractivity contribution in [3.8, 4) is 5.75 Å². The molecule has 0 saturated heterocycles. The average molecular weight is 283 g/mol. The van der Waals surface area contributed by atoms with Crippen molar-refractivity contribution in [2.45, 2.75) is 23.2 Å². The molecule has 96 valence electrons. The average Bonchev–Trinajstić information content (AvgIpc) is 2.76. The SMILES string of the molecule is CCNc1ncnc(Sc2nnc(C)s2)c1OC. The van der Waals surface area contributed by atoms with Crippen LogP contribution in [-0.4, -0.2) is 33.8 Å². The van der Waals surface area contributed by atoms with Gasteiger partial charge in [-0.25, -0.2) is 9.97 Å². The van der Waals surface area contributed by atoms with Crippen LogP contribution in [0.2, 0.25) is 0 Å². The molecule has 1 N–H and O–H groups in total. The molecule has 18 heavy (non-hydrogen) atoms. The van der Waals surface area contributed by atoms with Crippen LogP contribution in [0.4, 0.5) is 5.82 Å².